The number of methoxy groups -OCH3 is 1. The second kappa shape index (κ2) is 17.5. The third kappa shape index (κ3) is 9.49. The molecule has 0 bridgehead atoms. The molecule has 4 aromatic rings. The van der Waals surface area contributed by atoms with Crippen molar-refractivity contribution >= 4 is 56.7 Å². The van der Waals surface area contributed by atoms with Crippen LogP contribution in [0.25, 0.3) is 10.8 Å². The minimum absolute atomic E-state index is 0.0855. The van der Waals surface area contributed by atoms with Gasteiger partial charge in [0.1, 0.15) is 5.75 Å². The summed E-state index contributed by atoms with van der Waals surface area (Å²) >= 11 is 12.9. The fraction of sp³-hybridized carbons (Fsp3) is 0.375. The van der Waals surface area contributed by atoms with E-state index in [1.54, 1.807) is 36.5 Å². The van der Waals surface area contributed by atoms with Gasteiger partial charge in [-0.15, -0.1) is 0 Å². The summed E-state index contributed by atoms with van der Waals surface area (Å²) in [6.07, 6.45) is 4.45. The number of halogens is 2. The minimum atomic E-state index is -1.13. The number of amides is 1. The van der Waals surface area contributed by atoms with E-state index in [9.17, 15) is 24.2 Å². The number of benzene rings is 4. The van der Waals surface area contributed by atoms with Crippen molar-refractivity contribution in [2.24, 2.45) is 0 Å². The number of hydrogen-bond acceptors (Lipinski definition) is 6. The SMILES string of the molecule is COc1ccc(C2CCN(CCC(CN(C(=O)c3cc(C#N)cc4ccccc34)C(C)CCC(=O)O)c3ccc(Cl)c(Cl)c3)CC2)c(S(C)=O)c1. The molecule has 5 rings (SSSR count). The van der Waals surface area contributed by atoms with Crippen molar-refractivity contribution < 1.29 is 23.6 Å². The Kier molecular flexibility index (Phi) is 13.2. The number of carbonyl (C=O) groups excluding carboxylic acids is 1. The molecule has 1 N–H and O–H groups in total. The highest BCUT2D eigenvalue weighted by Gasteiger charge is 2.30. The molecule has 268 valence electrons. The zero-order valence-electron chi connectivity index (χ0n) is 29.1. The predicted molar refractivity (Wildman–Crippen MR) is 204 cm³/mol. The van der Waals surface area contributed by atoms with E-state index in [0.717, 1.165) is 59.3 Å². The lowest BCUT2D eigenvalue weighted by atomic mass is 9.88. The summed E-state index contributed by atoms with van der Waals surface area (Å²) < 4.78 is 18.0. The van der Waals surface area contributed by atoms with Gasteiger partial charge in [0, 0.05) is 41.6 Å². The van der Waals surface area contributed by atoms with Crippen molar-refractivity contribution in [1.82, 2.24) is 9.80 Å². The van der Waals surface area contributed by atoms with Gasteiger partial charge < -0.3 is 19.6 Å². The van der Waals surface area contributed by atoms with Crippen LogP contribution in [0.4, 0.5) is 0 Å². The Morgan fingerprint density at radius 2 is 1.78 bits per heavy atom. The van der Waals surface area contributed by atoms with Crippen LogP contribution in [-0.2, 0) is 15.6 Å². The summed E-state index contributed by atoms with van der Waals surface area (Å²) in [7, 11) is 0.478. The molecule has 3 unspecified atom stereocenters. The first-order chi connectivity index (χ1) is 24.5. The molecular formula is C40H43Cl2N3O5S. The molecule has 1 aliphatic heterocycles. The number of likely N-dealkylation sites (tertiary alicyclic amines) is 1. The van der Waals surface area contributed by atoms with Crippen LogP contribution >= 0.6 is 23.2 Å². The van der Waals surface area contributed by atoms with Gasteiger partial charge in [-0.05, 0) is 116 Å². The lowest BCUT2D eigenvalue weighted by molar-refractivity contribution is -0.137. The standard InChI is InChI=1S/C40H43Cl2N3O5S/c1-26(8-13-39(46)47)45(40(48)35-21-27(24-43)20-30-6-4-5-7-33(30)35)25-31(29-9-12-36(41)37(42)22-29)16-19-44-17-14-28(15-18-44)34-11-10-32(50-2)23-38(34)51(3)49/h4-7,9-12,20-23,26,28,31H,8,13-19,25H2,1-3H3,(H,46,47). The Morgan fingerprint density at radius 1 is 1.04 bits per heavy atom. The number of hydrogen-bond donors (Lipinski definition) is 1. The Labute approximate surface area is 312 Å². The Morgan fingerprint density at radius 3 is 2.45 bits per heavy atom. The number of aliphatic carboxylic acids is 1. The van der Waals surface area contributed by atoms with Gasteiger partial charge in [0.25, 0.3) is 5.91 Å². The highest BCUT2D eigenvalue weighted by atomic mass is 35.5. The number of rotatable bonds is 14. The Bertz CT molecular complexity index is 1960. The molecule has 1 aliphatic rings. The molecule has 3 atom stereocenters. The summed E-state index contributed by atoms with van der Waals surface area (Å²) in [6, 6.07) is 24.1. The lowest BCUT2D eigenvalue weighted by Gasteiger charge is -2.36. The fourth-order valence-electron chi connectivity index (χ4n) is 7.06. The normalized spacial score (nSPS) is 15.5. The van der Waals surface area contributed by atoms with Gasteiger partial charge in [-0.1, -0.05) is 59.6 Å². The highest BCUT2D eigenvalue weighted by molar-refractivity contribution is 7.84. The van der Waals surface area contributed by atoms with Crippen molar-refractivity contribution in [2.45, 2.75) is 61.8 Å². The van der Waals surface area contributed by atoms with E-state index >= 15 is 0 Å². The zero-order valence-corrected chi connectivity index (χ0v) is 31.4. The van der Waals surface area contributed by atoms with E-state index in [-0.39, 0.29) is 24.7 Å². The highest BCUT2D eigenvalue weighted by Crippen LogP contribution is 2.35. The number of carboxylic acid groups (broad SMARTS) is 1. The second-order valence-corrected chi connectivity index (χ2v) is 15.4. The summed E-state index contributed by atoms with van der Waals surface area (Å²) in [5.41, 5.74) is 2.84. The number of fused-ring (bicyclic) bond motifs is 1. The van der Waals surface area contributed by atoms with Gasteiger partial charge >= 0.3 is 5.97 Å². The van der Waals surface area contributed by atoms with Crippen LogP contribution in [0.5, 0.6) is 5.75 Å². The summed E-state index contributed by atoms with van der Waals surface area (Å²) in [5, 5.41) is 21.7. The second-order valence-electron chi connectivity index (χ2n) is 13.2. The van der Waals surface area contributed by atoms with Crippen LogP contribution in [0.2, 0.25) is 10.0 Å². The van der Waals surface area contributed by atoms with Gasteiger partial charge in [0.05, 0.1) is 39.6 Å². The smallest absolute Gasteiger partial charge is 0.303 e. The summed E-state index contributed by atoms with van der Waals surface area (Å²) in [5.74, 6) is -0.335. The molecule has 1 amide bonds. The molecule has 0 spiro atoms. The Balaban J connectivity index is 1.40. The molecule has 1 heterocycles. The molecular weight excluding hydrogens is 705 g/mol. The van der Waals surface area contributed by atoms with Gasteiger partial charge in [0.2, 0.25) is 0 Å². The van der Waals surface area contributed by atoms with E-state index in [1.165, 1.54) is 0 Å². The van der Waals surface area contributed by atoms with Gasteiger partial charge in [-0.2, -0.15) is 5.26 Å². The van der Waals surface area contributed by atoms with Gasteiger partial charge in [-0.25, -0.2) is 0 Å². The van der Waals surface area contributed by atoms with Crippen LogP contribution in [0.15, 0.2) is 77.7 Å². The molecule has 4 aromatic carbocycles. The number of carbonyl (C=O) groups is 2. The number of carboxylic acids is 1. The van der Waals surface area contributed by atoms with Crippen LogP contribution in [-0.4, -0.2) is 76.6 Å². The average molecular weight is 749 g/mol. The minimum Gasteiger partial charge on any atom is -0.497 e. The maximum atomic E-state index is 14.6. The van der Waals surface area contributed by atoms with Crippen molar-refractivity contribution in [1.29, 1.82) is 5.26 Å². The largest absolute Gasteiger partial charge is 0.497 e. The molecule has 0 aromatic heterocycles. The van der Waals surface area contributed by atoms with Crippen molar-refractivity contribution in [2.75, 3.05) is 39.5 Å². The van der Waals surface area contributed by atoms with Crippen molar-refractivity contribution in [3.8, 4) is 11.8 Å². The van der Waals surface area contributed by atoms with E-state index in [1.807, 2.05) is 61.5 Å². The maximum Gasteiger partial charge on any atom is 0.303 e. The van der Waals surface area contributed by atoms with Crippen molar-refractivity contribution in [3.05, 3.63) is 105 Å². The van der Waals surface area contributed by atoms with Gasteiger partial charge in [-0.3, -0.25) is 13.8 Å². The van der Waals surface area contributed by atoms with Crippen LogP contribution in [0, 0.1) is 11.3 Å². The van der Waals surface area contributed by atoms with Crippen LogP contribution < -0.4 is 4.74 Å². The first-order valence-electron chi connectivity index (χ1n) is 17.1. The van der Waals surface area contributed by atoms with Gasteiger partial charge in [0.15, 0.2) is 0 Å². The first kappa shape index (κ1) is 38.3. The maximum absolute atomic E-state index is 14.6. The quantitative estimate of drug-likeness (QED) is 0.138. The predicted octanol–water partition coefficient (Wildman–Crippen LogP) is 8.51. The number of nitriles is 1. The third-order valence-electron chi connectivity index (χ3n) is 9.97. The molecule has 0 aliphatic carbocycles. The molecule has 8 nitrogen and oxygen atoms in total. The molecule has 0 saturated carbocycles. The number of nitrogens with zero attached hydrogens (tertiary/aromatic N) is 3. The van der Waals surface area contributed by atoms with E-state index in [4.69, 9.17) is 27.9 Å². The molecule has 51 heavy (non-hydrogen) atoms. The monoisotopic (exact) mass is 747 g/mol. The first-order valence-corrected chi connectivity index (χ1v) is 19.4. The zero-order chi connectivity index (χ0) is 36.7. The van der Waals surface area contributed by atoms with E-state index < -0.39 is 22.8 Å². The number of piperidine rings is 1. The van der Waals surface area contributed by atoms with E-state index in [0.29, 0.717) is 45.8 Å². The molecule has 0 radical (unpaired) electrons. The van der Waals surface area contributed by atoms with Crippen LogP contribution in [0.1, 0.15) is 77.9 Å². The lowest BCUT2D eigenvalue weighted by Crippen LogP contribution is -2.42. The number of ether oxygens (including phenoxy) is 1. The topological polar surface area (TPSA) is 111 Å². The third-order valence-corrected chi connectivity index (χ3v) is 11.7. The molecule has 1 fully saturated rings. The van der Waals surface area contributed by atoms with E-state index in [2.05, 4.69) is 11.0 Å². The summed E-state index contributed by atoms with van der Waals surface area (Å²) in [4.78, 5) is 31.2. The summed E-state index contributed by atoms with van der Waals surface area (Å²) in [6.45, 7) is 4.70. The fourth-order valence-corrected chi connectivity index (χ4v) is 8.21. The molecule has 11 heteroatoms. The molecule has 1 saturated heterocycles. The van der Waals surface area contributed by atoms with Crippen LogP contribution in [0.3, 0.4) is 0 Å². The van der Waals surface area contributed by atoms with Crippen molar-refractivity contribution in [3.63, 3.8) is 0 Å². The average Bonchev–Trinajstić information content (AvgIpc) is 3.14. The Hall–Kier alpha value is -3.94.